The lowest BCUT2D eigenvalue weighted by Crippen LogP contribution is -2.29. The molecule has 0 unspecified atom stereocenters. The van der Waals surface area contributed by atoms with Crippen LogP contribution in [-0.4, -0.2) is 23.7 Å². The molecule has 6 nitrogen and oxygen atoms in total. The summed E-state index contributed by atoms with van der Waals surface area (Å²) in [4.78, 5) is 29.8. The molecule has 0 atom stereocenters. The fourth-order valence-corrected chi connectivity index (χ4v) is 2.70. The molecule has 0 spiro atoms. The van der Waals surface area contributed by atoms with Gasteiger partial charge in [-0.25, -0.2) is 0 Å². The van der Waals surface area contributed by atoms with Crippen molar-refractivity contribution in [2.75, 3.05) is 6.79 Å². The molecule has 0 radical (unpaired) electrons. The topological polar surface area (TPSA) is 65.1 Å². The standard InChI is InChI=1S/C16H10ClNO5/c17-12-6-14-13(21-8-22-14)5-9(12)7-23-18-15(19)10-3-1-2-4-11(10)16(18)20/h1-6H,7-8H2. The van der Waals surface area contributed by atoms with Gasteiger partial charge in [-0.3, -0.25) is 14.4 Å². The van der Waals surface area contributed by atoms with Gasteiger partial charge in [0.2, 0.25) is 6.79 Å². The normalized spacial score (nSPS) is 15.3. The van der Waals surface area contributed by atoms with E-state index in [-0.39, 0.29) is 13.4 Å². The van der Waals surface area contributed by atoms with Crippen molar-refractivity contribution in [1.29, 1.82) is 0 Å². The maximum Gasteiger partial charge on any atom is 0.285 e. The van der Waals surface area contributed by atoms with Crippen LogP contribution in [0, 0.1) is 0 Å². The summed E-state index contributed by atoms with van der Waals surface area (Å²) in [6.07, 6.45) is 0. The van der Waals surface area contributed by atoms with Gasteiger partial charge in [-0.15, -0.1) is 5.06 Å². The van der Waals surface area contributed by atoms with Crippen LogP contribution in [0.2, 0.25) is 5.02 Å². The van der Waals surface area contributed by atoms with Gasteiger partial charge in [-0.2, -0.15) is 0 Å². The Morgan fingerprint density at radius 3 is 2.30 bits per heavy atom. The summed E-state index contributed by atoms with van der Waals surface area (Å²) in [5, 5.41) is 1.16. The fourth-order valence-electron chi connectivity index (χ4n) is 2.49. The largest absolute Gasteiger partial charge is 0.454 e. The lowest BCUT2D eigenvalue weighted by atomic mass is 10.1. The van der Waals surface area contributed by atoms with E-state index in [1.165, 1.54) is 0 Å². The molecule has 2 heterocycles. The highest BCUT2D eigenvalue weighted by atomic mass is 35.5. The number of amides is 2. The quantitative estimate of drug-likeness (QED) is 0.809. The second-order valence-electron chi connectivity index (χ2n) is 5.02. The number of ether oxygens (including phenoxy) is 2. The molecule has 0 aromatic heterocycles. The molecule has 0 N–H and O–H groups in total. The first-order chi connectivity index (χ1) is 11.1. The number of benzene rings is 2. The van der Waals surface area contributed by atoms with E-state index < -0.39 is 11.8 Å². The van der Waals surface area contributed by atoms with Crippen molar-refractivity contribution in [2.45, 2.75) is 6.61 Å². The summed E-state index contributed by atoms with van der Waals surface area (Å²) in [6.45, 7) is 0.0926. The van der Waals surface area contributed by atoms with E-state index in [0.29, 0.717) is 33.2 Å². The maximum atomic E-state index is 12.2. The van der Waals surface area contributed by atoms with Crippen LogP contribution in [0.25, 0.3) is 0 Å². The highest BCUT2D eigenvalue weighted by molar-refractivity contribution is 6.31. The monoisotopic (exact) mass is 331 g/mol. The second kappa shape index (κ2) is 5.26. The van der Waals surface area contributed by atoms with Crippen LogP contribution in [0.1, 0.15) is 26.3 Å². The molecule has 23 heavy (non-hydrogen) atoms. The average molecular weight is 332 g/mol. The molecule has 2 aromatic carbocycles. The van der Waals surface area contributed by atoms with Crippen LogP contribution >= 0.6 is 11.6 Å². The number of halogens is 1. The van der Waals surface area contributed by atoms with E-state index in [9.17, 15) is 9.59 Å². The number of fused-ring (bicyclic) bond motifs is 2. The molecule has 2 aliphatic rings. The summed E-state index contributed by atoms with van der Waals surface area (Å²) in [5.41, 5.74) is 1.25. The van der Waals surface area contributed by atoms with Gasteiger partial charge in [0.25, 0.3) is 11.8 Å². The van der Waals surface area contributed by atoms with Crippen molar-refractivity contribution in [3.8, 4) is 11.5 Å². The maximum absolute atomic E-state index is 12.2. The molecule has 0 bridgehead atoms. The second-order valence-corrected chi connectivity index (χ2v) is 5.43. The van der Waals surface area contributed by atoms with Crippen LogP contribution < -0.4 is 9.47 Å². The van der Waals surface area contributed by atoms with Gasteiger partial charge in [0.05, 0.1) is 16.1 Å². The first kappa shape index (κ1) is 14.0. The van der Waals surface area contributed by atoms with Crippen LogP contribution in [0.4, 0.5) is 0 Å². The predicted molar refractivity (Wildman–Crippen MR) is 79.3 cm³/mol. The van der Waals surface area contributed by atoms with Crippen molar-refractivity contribution in [3.63, 3.8) is 0 Å². The van der Waals surface area contributed by atoms with Gasteiger partial charge in [0.15, 0.2) is 11.5 Å². The lowest BCUT2D eigenvalue weighted by molar-refractivity contribution is -0.101. The minimum Gasteiger partial charge on any atom is -0.454 e. The van der Waals surface area contributed by atoms with E-state index in [0.717, 1.165) is 5.06 Å². The Morgan fingerprint density at radius 1 is 1.04 bits per heavy atom. The fraction of sp³-hybridized carbons (Fsp3) is 0.125. The zero-order valence-electron chi connectivity index (χ0n) is 11.7. The zero-order chi connectivity index (χ0) is 16.0. The Bertz CT molecular complexity index is 800. The zero-order valence-corrected chi connectivity index (χ0v) is 12.5. The number of hydroxylamine groups is 2. The Hall–Kier alpha value is -2.57. The SMILES string of the molecule is O=C1c2ccccc2C(=O)N1OCc1cc2c(cc1Cl)OCO2. The number of hydrogen-bond acceptors (Lipinski definition) is 5. The van der Waals surface area contributed by atoms with Crippen molar-refractivity contribution >= 4 is 23.4 Å². The highest BCUT2D eigenvalue weighted by Gasteiger charge is 2.36. The third kappa shape index (κ3) is 2.23. The van der Waals surface area contributed by atoms with E-state index in [1.54, 1.807) is 36.4 Å². The third-order valence-electron chi connectivity index (χ3n) is 3.65. The molecule has 2 aliphatic heterocycles. The molecule has 4 rings (SSSR count). The van der Waals surface area contributed by atoms with Crippen molar-refractivity contribution in [1.82, 2.24) is 5.06 Å². The van der Waals surface area contributed by atoms with Gasteiger partial charge in [-0.1, -0.05) is 23.7 Å². The van der Waals surface area contributed by atoms with Gasteiger partial charge in [-0.05, 0) is 18.2 Å². The number of imide groups is 1. The van der Waals surface area contributed by atoms with Crippen molar-refractivity contribution in [2.24, 2.45) is 0 Å². The van der Waals surface area contributed by atoms with Gasteiger partial charge < -0.3 is 9.47 Å². The summed E-state index contributed by atoms with van der Waals surface area (Å²) in [5.74, 6) is 0.139. The summed E-state index contributed by atoms with van der Waals surface area (Å²) >= 11 is 6.15. The summed E-state index contributed by atoms with van der Waals surface area (Å²) in [6, 6.07) is 9.86. The average Bonchev–Trinajstić information content (AvgIpc) is 3.10. The number of carbonyl (C=O) groups is 2. The van der Waals surface area contributed by atoms with E-state index >= 15 is 0 Å². The smallest absolute Gasteiger partial charge is 0.285 e. The minimum atomic E-state index is -0.484. The molecule has 0 fully saturated rings. The Morgan fingerprint density at radius 2 is 1.65 bits per heavy atom. The van der Waals surface area contributed by atoms with E-state index in [2.05, 4.69) is 0 Å². The summed E-state index contributed by atoms with van der Waals surface area (Å²) < 4.78 is 10.5. The van der Waals surface area contributed by atoms with E-state index in [1.807, 2.05) is 0 Å². The van der Waals surface area contributed by atoms with Gasteiger partial charge in [0.1, 0.15) is 6.61 Å². The van der Waals surface area contributed by atoms with Crippen LogP contribution in [0.15, 0.2) is 36.4 Å². The Labute approximate surface area is 136 Å². The predicted octanol–water partition coefficient (Wildman–Crippen LogP) is 2.80. The number of hydrogen-bond donors (Lipinski definition) is 0. The highest BCUT2D eigenvalue weighted by Crippen LogP contribution is 2.37. The molecular formula is C16H10ClNO5. The van der Waals surface area contributed by atoms with Crippen LogP contribution in [0.3, 0.4) is 0 Å². The first-order valence-electron chi connectivity index (χ1n) is 6.84. The van der Waals surface area contributed by atoms with Crippen molar-refractivity contribution < 1.29 is 23.9 Å². The Balaban J connectivity index is 1.55. The molecule has 2 aromatic rings. The molecule has 7 heteroatoms. The van der Waals surface area contributed by atoms with Gasteiger partial charge in [0, 0.05) is 11.6 Å². The minimum absolute atomic E-state index is 0.0407. The number of nitrogens with zero attached hydrogens (tertiary/aromatic N) is 1. The van der Waals surface area contributed by atoms with Crippen LogP contribution in [-0.2, 0) is 11.4 Å². The number of rotatable bonds is 3. The summed E-state index contributed by atoms with van der Waals surface area (Å²) in [7, 11) is 0. The van der Waals surface area contributed by atoms with Crippen molar-refractivity contribution in [3.05, 3.63) is 58.1 Å². The van der Waals surface area contributed by atoms with Crippen LogP contribution in [0.5, 0.6) is 11.5 Å². The molecule has 0 saturated carbocycles. The molecule has 0 saturated heterocycles. The van der Waals surface area contributed by atoms with Gasteiger partial charge >= 0.3 is 0 Å². The number of carbonyl (C=O) groups excluding carboxylic acids is 2. The Kier molecular flexibility index (Phi) is 3.21. The molecular weight excluding hydrogens is 322 g/mol. The first-order valence-corrected chi connectivity index (χ1v) is 7.21. The van der Waals surface area contributed by atoms with E-state index in [4.69, 9.17) is 25.9 Å². The lowest BCUT2D eigenvalue weighted by Gasteiger charge is -2.14. The molecule has 116 valence electrons. The molecule has 0 aliphatic carbocycles. The third-order valence-corrected chi connectivity index (χ3v) is 4.00. The molecule has 2 amide bonds.